The van der Waals surface area contributed by atoms with Crippen LogP contribution in [-0.4, -0.2) is 46.9 Å². The van der Waals surface area contributed by atoms with Gasteiger partial charge in [-0.3, -0.25) is 14.6 Å². The van der Waals surface area contributed by atoms with Crippen LogP contribution in [0.2, 0.25) is 0 Å². The van der Waals surface area contributed by atoms with E-state index in [1.165, 1.54) is 4.96 Å². The number of nitrogens with zero attached hydrogens (tertiary/aromatic N) is 3. The van der Waals surface area contributed by atoms with Crippen LogP contribution in [0.3, 0.4) is 0 Å². The highest BCUT2D eigenvalue weighted by Crippen LogP contribution is 2.17. The lowest BCUT2D eigenvalue weighted by Gasteiger charge is -2.26. The Kier molecular flexibility index (Phi) is 4.19. The molecule has 1 atom stereocenters. The van der Waals surface area contributed by atoms with E-state index in [2.05, 4.69) is 0 Å². The van der Waals surface area contributed by atoms with Crippen LogP contribution >= 0.6 is 0 Å². The van der Waals surface area contributed by atoms with Gasteiger partial charge in [0.25, 0.3) is 6.79 Å². The predicted molar refractivity (Wildman–Crippen MR) is 70.0 cm³/mol. The van der Waals surface area contributed by atoms with Crippen molar-refractivity contribution >= 4 is 11.9 Å². The van der Waals surface area contributed by atoms with Crippen LogP contribution < -0.4 is 9.85 Å². The molecule has 1 aromatic rings. The molecule has 1 N–H and O–H groups in total. The first kappa shape index (κ1) is 15.3. The lowest BCUT2D eigenvalue weighted by Crippen LogP contribution is -2.44. The highest BCUT2D eigenvalue weighted by molar-refractivity contribution is 5.75. The summed E-state index contributed by atoms with van der Waals surface area (Å²) in [6.45, 7) is 6.02. The van der Waals surface area contributed by atoms with E-state index in [-0.39, 0.29) is 12.8 Å². The maximum absolute atomic E-state index is 11.5. The molecule has 1 unspecified atom stereocenters. The Labute approximate surface area is 121 Å². The molecule has 1 aliphatic rings. The number of carbonyl (C=O) groups excluding carboxylic acids is 1. The fourth-order valence-corrected chi connectivity index (χ4v) is 1.93. The Morgan fingerprint density at radius 2 is 2.10 bits per heavy atom. The summed E-state index contributed by atoms with van der Waals surface area (Å²) in [7, 11) is 0. The molecular weight excluding hydrogens is 282 g/mol. The zero-order valence-corrected chi connectivity index (χ0v) is 12.4. The largest absolute Gasteiger partial charge is 0.481 e. The second-order valence-electron chi connectivity index (χ2n) is 6.09. The lowest BCUT2D eigenvalue weighted by molar-refractivity contribution is -0.168. The number of aliphatic carboxylic acids is 1. The average Bonchev–Trinajstić information content (AvgIpc) is 3.17. The van der Waals surface area contributed by atoms with Crippen molar-refractivity contribution in [3.8, 4) is 0 Å². The van der Waals surface area contributed by atoms with Gasteiger partial charge >= 0.3 is 11.9 Å². The number of rotatable bonds is 5. The normalized spacial score (nSPS) is 19.6. The van der Waals surface area contributed by atoms with E-state index in [9.17, 15) is 9.59 Å². The van der Waals surface area contributed by atoms with E-state index in [1.54, 1.807) is 25.8 Å². The number of hydrogen-bond acceptors (Lipinski definition) is 6. The van der Waals surface area contributed by atoms with Gasteiger partial charge in [-0.05, 0) is 33.6 Å². The van der Waals surface area contributed by atoms with Crippen LogP contribution in [0.15, 0.2) is 4.63 Å². The SMILES string of the molecule is CC(C)(C)C(=O)OCOn1on1N1CCCC(C(=O)O)C1. The summed E-state index contributed by atoms with van der Waals surface area (Å²) in [6.07, 6.45) is 1.42. The Hall–Kier alpha value is -2.06. The summed E-state index contributed by atoms with van der Waals surface area (Å²) in [6, 6.07) is 0. The molecule has 2 heterocycles. The average molecular weight is 303 g/mol. The van der Waals surface area contributed by atoms with E-state index >= 15 is 0 Å². The van der Waals surface area contributed by atoms with Crippen molar-refractivity contribution in [2.24, 2.45) is 11.3 Å². The molecule has 0 amide bonds. The topological polar surface area (TPSA) is 99.1 Å². The van der Waals surface area contributed by atoms with Gasteiger partial charge in [-0.1, -0.05) is 0 Å². The molecule has 9 heteroatoms. The van der Waals surface area contributed by atoms with Gasteiger partial charge in [0, 0.05) is 11.5 Å². The fourth-order valence-electron chi connectivity index (χ4n) is 1.93. The predicted octanol–water partition coefficient (Wildman–Crippen LogP) is 0.291. The van der Waals surface area contributed by atoms with Gasteiger partial charge in [-0.25, -0.2) is 0 Å². The standard InChI is InChI=1S/C12H21N3O6/c1-12(2,3)11(18)19-8-20-15-14(21-15)13-6-4-5-9(7-13)10(16)17/h9H,4-8H2,1-3H3,(H,16,17). The number of piperidine rings is 1. The van der Waals surface area contributed by atoms with Crippen LogP contribution in [0, 0.1) is 11.3 Å². The maximum Gasteiger partial charge on any atom is 0.314 e. The maximum atomic E-state index is 11.5. The smallest absolute Gasteiger partial charge is 0.314 e. The van der Waals surface area contributed by atoms with Gasteiger partial charge in [0.2, 0.25) is 0 Å². The highest BCUT2D eigenvalue weighted by Gasteiger charge is 2.31. The molecule has 0 radical (unpaired) electrons. The van der Waals surface area contributed by atoms with Crippen molar-refractivity contribution in [2.75, 3.05) is 24.9 Å². The summed E-state index contributed by atoms with van der Waals surface area (Å²) in [5.41, 5.74) is -0.593. The number of hydrogen-bond donors (Lipinski definition) is 1. The summed E-state index contributed by atoms with van der Waals surface area (Å²) in [4.78, 5) is 28.9. The third-order valence-electron chi connectivity index (χ3n) is 3.21. The minimum atomic E-state index is -0.812. The van der Waals surface area contributed by atoms with Crippen LogP contribution in [0.1, 0.15) is 33.6 Å². The van der Waals surface area contributed by atoms with Crippen molar-refractivity contribution in [1.82, 2.24) is 9.98 Å². The van der Waals surface area contributed by atoms with Crippen molar-refractivity contribution in [3.63, 3.8) is 0 Å². The first-order chi connectivity index (χ1) is 9.79. The molecule has 0 spiro atoms. The number of esters is 1. The lowest BCUT2D eigenvalue weighted by atomic mass is 9.98. The van der Waals surface area contributed by atoms with E-state index in [1.807, 2.05) is 0 Å². The van der Waals surface area contributed by atoms with E-state index in [0.29, 0.717) is 19.5 Å². The van der Waals surface area contributed by atoms with E-state index < -0.39 is 17.3 Å². The molecule has 0 bridgehead atoms. The minimum absolute atomic E-state index is 0.261. The zero-order valence-electron chi connectivity index (χ0n) is 12.4. The van der Waals surface area contributed by atoms with E-state index in [4.69, 9.17) is 19.3 Å². The Balaban J connectivity index is 1.75. The summed E-state index contributed by atoms with van der Waals surface area (Å²) in [5, 5.41) is 11.8. The molecule has 1 aromatic heterocycles. The zero-order chi connectivity index (χ0) is 15.6. The molecule has 0 saturated carbocycles. The third-order valence-corrected chi connectivity index (χ3v) is 3.21. The molecule has 1 saturated heterocycles. The van der Waals surface area contributed by atoms with Crippen LogP contribution in [0.4, 0.5) is 0 Å². The van der Waals surface area contributed by atoms with Gasteiger partial charge in [0.05, 0.1) is 17.9 Å². The van der Waals surface area contributed by atoms with Crippen LogP contribution in [-0.2, 0) is 14.3 Å². The van der Waals surface area contributed by atoms with Gasteiger partial charge in [0.15, 0.2) is 0 Å². The van der Waals surface area contributed by atoms with Gasteiger partial charge in [-0.15, -0.1) is 0 Å². The first-order valence-electron chi connectivity index (χ1n) is 6.85. The van der Waals surface area contributed by atoms with Gasteiger partial charge < -0.3 is 14.7 Å². The first-order valence-corrected chi connectivity index (χ1v) is 6.85. The Morgan fingerprint density at radius 1 is 1.38 bits per heavy atom. The van der Waals surface area contributed by atoms with Gasteiger partial charge in [0.1, 0.15) is 5.02 Å². The number of ether oxygens (including phenoxy) is 1. The molecular formula is C12H21N3O6. The summed E-state index contributed by atoms with van der Waals surface area (Å²) < 4.78 is 9.97. The number of carbonyl (C=O) groups is 2. The Morgan fingerprint density at radius 3 is 2.71 bits per heavy atom. The highest BCUT2D eigenvalue weighted by atomic mass is 17.0. The minimum Gasteiger partial charge on any atom is -0.481 e. The molecule has 21 heavy (non-hydrogen) atoms. The number of aromatic nitrogens is 2. The monoisotopic (exact) mass is 303 g/mol. The second kappa shape index (κ2) is 5.74. The number of carboxylic acid groups (broad SMARTS) is 1. The van der Waals surface area contributed by atoms with Gasteiger partial charge in [-0.2, -0.15) is 4.63 Å². The van der Waals surface area contributed by atoms with Crippen molar-refractivity contribution in [3.05, 3.63) is 0 Å². The quantitative estimate of drug-likeness (QED) is 0.616. The van der Waals surface area contributed by atoms with Crippen molar-refractivity contribution < 1.29 is 28.9 Å². The third kappa shape index (κ3) is 3.96. The molecule has 0 aromatic carbocycles. The molecule has 0 aliphatic carbocycles. The summed E-state index contributed by atoms with van der Waals surface area (Å²) >= 11 is 0. The molecule has 1 fully saturated rings. The molecule has 120 valence electrons. The fraction of sp³-hybridized carbons (Fsp3) is 0.833. The van der Waals surface area contributed by atoms with E-state index in [0.717, 1.165) is 11.4 Å². The van der Waals surface area contributed by atoms with Crippen LogP contribution in [0.25, 0.3) is 0 Å². The number of carboxylic acids is 1. The van der Waals surface area contributed by atoms with Crippen LogP contribution in [0.5, 0.6) is 0 Å². The summed E-state index contributed by atoms with van der Waals surface area (Å²) in [5.74, 6) is -1.60. The molecule has 1 aliphatic heterocycles. The Bertz CT molecular complexity index is 494. The molecule has 2 rings (SSSR count). The van der Waals surface area contributed by atoms with Crippen molar-refractivity contribution in [2.45, 2.75) is 33.6 Å². The second-order valence-corrected chi connectivity index (χ2v) is 6.09. The molecule has 9 nitrogen and oxygen atoms in total. The van der Waals surface area contributed by atoms with Crippen molar-refractivity contribution in [1.29, 1.82) is 0 Å².